The lowest BCUT2D eigenvalue weighted by Gasteiger charge is -2.21. The minimum atomic E-state index is -4.23. The number of halogens is 3. The third kappa shape index (κ3) is 3.07. The fraction of sp³-hybridized carbons (Fsp3) is 0.462. The highest BCUT2D eigenvalue weighted by atomic mass is 19.4. The molecule has 1 aliphatic carbocycles. The summed E-state index contributed by atoms with van der Waals surface area (Å²) < 4.78 is 38.3. The highest BCUT2D eigenvalue weighted by Gasteiger charge is 2.62. The molecular weight excluding hydrogens is 257 g/mol. The van der Waals surface area contributed by atoms with Crippen LogP contribution in [0.25, 0.3) is 0 Å². The lowest BCUT2D eigenvalue weighted by Crippen LogP contribution is -2.44. The quantitative estimate of drug-likeness (QED) is 0.885. The molecule has 1 saturated carbocycles. The van der Waals surface area contributed by atoms with Crippen molar-refractivity contribution in [2.24, 2.45) is 0 Å². The second kappa shape index (κ2) is 4.85. The summed E-state index contributed by atoms with van der Waals surface area (Å²) in [5.74, 6) is -0.246. The average molecular weight is 272 g/mol. The van der Waals surface area contributed by atoms with Gasteiger partial charge in [0.2, 0.25) is 5.91 Å². The van der Waals surface area contributed by atoms with Crippen LogP contribution in [0.2, 0.25) is 0 Å². The number of para-hydroxylation sites is 1. The predicted octanol–water partition coefficient (Wildman–Crippen LogP) is 2.83. The molecule has 0 radical (unpaired) electrons. The topological polar surface area (TPSA) is 41.1 Å². The van der Waals surface area contributed by atoms with E-state index >= 15 is 0 Å². The molecular formula is C13H15F3N2O. The van der Waals surface area contributed by atoms with Gasteiger partial charge >= 0.3 is 6.18 Å². The van der Waals surface area contributed by atoms with E-state index in [1.807, 2.05) is 0 Å². The van der Waals surface area contributed by atoms with Crippen molar-refractivity contribution in [3.05, 3.63) is 29.8 Å². The summed E-state index contributed by atoms with van der Waals surface area (Å²) in [6, 6.07) is 6.83. The molecule has 0 bridgehead atoms. The van der Waals surface area contributed by atoms with Gasteiger partial charge in [0.15, 0.2) is 0 Å². The molecule has 1 fully saturated rings. The first-order valence-corrected chi connectivity index (χ1v) is 6.01. The maximum absolute atomic E-state index is 12.8. The zero-order valence-electron chi connectivity index (χ0n) is 10.5. The molecule has 0 aromatic heterocycles. The minimum Gasteiger partial charge on any atom is -0.326 e. The third-order valence-electron chi connectivity index (χ3n) is 3.24. The molecule has 0 heterocycles. The number of hydrogen-bond donors (Lipinski definition) is 2. The summed E-state index contributed by atoms with van der Waals surface area (Å²) in [5.41, 5.74) is -0.551. The molecule has 104 valence electrons. The highest BCUT2D eigenvalue weighted by Crippen LogP contribution is 2.49. The second-order valence-electron chi connectivity index (χ2n) is 4.77. The zero-order valence-corrected chi connectivity index (χ0v) is 10.5. The van der Waals surface area contributed by atoms with Gasteiger partial charge in [0, 0.05) is 19.2 Å². The Morgan fingerprint density at radius 1 is 1.32 bits per heavy atom. The molecule has 1 amide bonds. The first kappa shape index (κ1) is 13.9. The molecule has 2 rings (SSSR count). The van der Waals surface area contributed by atoms with Crippen LogP contribution >= 0.6 is 0 Å². The number of alkyl halides is 3. The number of nitrogens with one attached hydrogen (secondary N) is 2. The smallest absolute Gasteiger partial charge is 0.326 e. The van der Waals surface area contributed by atoms with E-state index in [0.717, 1.165) is 0 Å². The Hall–Kier alpha value is -1.56. The van der Waals surface area contributed by atoms with E-state index in [4.69, 9.17) is 0 Å². The number of amides is 1. The highest BCUT2D eigenvalue weighted by molar-refractivity contribution is 5.89. The molecule has 3 nitrogen and oxygen atoms in total. The van der Waals surface area contributed by atoms with Gasteiger partial charge in [0.05, 0.1) is 0 Å². The van der Waals surface area contributed by atoms with Crippen molar-refractivity contribution in [1.29, 1.82) is 0 Å². The van der Waals surface area contributed by atoms with E-state index in [1.165, 1.54) is 6.92 Å². The van der Waals surface area contributed by atoms with Gasteiger partial charge in [0.1, 0.15) is 5.54 Å². The van der Waals surface area contributed by atoms with Gasteiger partial charge in [-0.2, -0.15) is 13.2 Å². The molecule has 2 N–H and O–H groups in total. The van der Waals surface area contributed by atoms with Crippen molar-refractivity contribution in [3.63, 3.8) is 0 Å². The molecule has 0 unspecified atom stereocenters. The molecule has 6 heteroatoms. The van der Waals surface area contributed by atoms with Crippen molar-refractivity contribution in [1.82, 2.24) is 5.32 Å². The maximum Gasteiger partial charge on any atom is 0.406 e. The van der Waals surface area contributed by atoms with Gasteiger partial charge in [-0.3, -0.25) is 10.1 Å². The summed E-state index contributed by atoms with van der Waals surface area (Å²) in [4.78, 5) is 11.0. The summed E-state index contributed by atoms with van der Waals surface area (Å²) in [7, 11) is 0. The SMILES string of the molecule is CC(=O)Nc1ccccc1CNC1(C(F)(F)F)CC1. The van der Waals surface area contributed by atoms with Crippen LogP contribution in [0, 0.1) is 0 Å². The van der Waals surface area contributed by atoms with Crippen LogP contribution in [-0.2, 0) is 11.3 Å². The van der Waals surface area contributed by atoms with Gasteiger partial charge in [-0.05, 0) is 24.5 Å². The molecule has 0 spiro atoms. The summed E-state index contributed by atoms with van der Waals surface area (Å²) >= 11 is 0. The monoisotopic (exact) mass is 272 g/mol. The largest absolute Gasteiger partial charge is 0.406 e. The van der Waals surface area contributed by atoms with Crippen LogP contribution in [0.1, 0.15) is 25.3 Å². The van der Waals surface area contributed by atoms with Crippen LogP contribution in [0.5, 0.6) is 0 Å². The van der Waals surface area contributed by atoms with E-state index < -0.39 is 11.7 Å². The standard InChI is InChI=1S/C13H15F3N2O/c1-9(19)18-11-5-3-2-4-10(11)8-17-12(6-7-12)13(14,15)16/h2-5,17H,6-8H2,1H3,(H,18,19). The van der Waals surface area contributed by atoms with E-state index in [1.54, 1.807) is 24.3 Å². The van der Waals surface area contributed by atoms with Gasteiger partial charge in [-0.1, -0.05) is 18.2 Å². The number of carbonyl (C=O) groups excluding carboxylic acids is 1. The van der Waals surface area contributed by atoms with Crippen LogP contribution < -0.4 is 10.6 Å². The lowest BCUT2D eigenvalue weighted by atomic mass is 10.1. The van der Waals surface area contributed by atoms with Crippen molar-refractivity contribution in [2.75, 3.05) is 5.32 Å². The first-order chi connectivity index (χ1) is 8.84. The molecule has 0 atom stereocenters. The lowest BCUT2D eigenvalue weighted by molar-refractivity contribution is -0.166. The number of benzene rings is 1. The van der Waals surface area contributed by atoms with E-state index in [9.17, 15) is 18.0 Å². The first-order valence-electron chi connectivity index (χ1n) is 6.01. The Balaban J connectivity index is 2.06. The Kier molecular flexibility index (Phi) is 3.54. The summed E-state index contributed by atoms with van der Waals surface area (Å²) in [6.45, 7) is 1.44. The van der Waals surface area contributed by atoms with E-state index in [-0.39, 0.29) is 25.3 Å². The van der Waals surface area contributed by atoms with Gasteiger partial charge in [-0.25, -0.2) is 0 Å². The third-order valence-corrected chi connectivity index (χ3v) is 3.24. The Morgan fingerprint density at radius 2 is 1.95 bits per heavy atom. The van der Waals surface area contributed by atoms with Crippen LogP contribution in [-0.4, -0.2) is 17.6 Å². The van der Waals surface area contributed by atoms with E-state index in [0.29, 0.717) is 11.3 Å². The van der Waals surface area contributed by atoms with Crippen molar-refractivity contribution in [2.45, 2.75) is 38.0 Å². The Bertz CT molecular complexity index is 481. The summed E-state index contributed by atoms with van der Waals surface area (Å²) in [5, 5.41) is 5.17. The zero-order chi connectivity index (χ0) is 14.1. The molecule has 1 aliphatic rings. The molecule has 0 aliphatic heterocycles. The van der Waals surface area contributed by atoms with Crippen LogP contribution in [0.15, 0.2) is 24.3 Å². The van der Waals surface area contributed by atoms with Crippen molar-refractivity contribution in [3.8, 4) is 0 Å². The minimum absolute atomic E-state index is 0.0793. The number of anilines is 1. The number of hydrogen-bond acceptors (Lipinski definition) is 2. The predicted molar refractivity (Wildman–Crippen MR) is 65.6 cm³/mol. The van der Waals surface area contributed by atoms with Gasteiger partial charge < -0.3 is 5.32 Å². The normalized spacial score (nSPS) is 17.1. The summed E-state index contributed by atoms with van der Waals surface area (Å²) in [6.07, 6.45) is -4.01. The van der Waals surface area contributed by atoms with Crippen LogP contribution in [0.3, 0.4) is 0 Å². The Labute approximate surface area is 109 Å². The number of carbonyl (C=O) groups is 1. The molecule has 19 heavy (non-hydrogen) atoms. The van der Waals surface area contributed by atoms with Gasteiger partial charge in [-0.15, -0.1) is 0 Å². The fourth-order valence-electron chi connectivity index (χ4n) is 1.94. The molecule has 1 aromatic rings. The van der Waals surface area contributed by atoms with Crippen molar-refractivity contribution < 1.29 is 18.0 Å². The molecule has 0 saturated heterocycles. The average Bonchev–Trinajstić information content (AvgIpc) is 3.07. The fourth-order valence-corrected chi connectivity index (χ4v) is 1.94. The molecule has 1 aromatic carbocycles. The van der Waals surface area contributed by atoms with Crippen molar-refractivity contribution >= 4 is 11.6 Å². The van der Waals surface area contributed by atoms with Crippen LogP contribution in [0.4, 0.5) is 18.9 Å². The van der Waals surface area contributed by atoms with E-state index in [2.05, 4.69) is 10.6 Å². The maximum atomic E-state index is 12.8. The number of rotatable bonds is 4. The Morgan fingerprint density at radius 3 is 2.47 bits per heavy atom. The second-order valence-corrected chi connectivity index (χ2v) is 4.77. The van der Waals surface area contributed by atoms with Gasteiger partial charge in [0.25, 0.3) is 0 Å².